The van der Waals surface area contributed by atoms with Gasteiger partial charge in [0.2, 0.25) is 10.1 Å². The highest BCUT2D eigenvalue weighted by Gasteiger charge is 2.19. The van der Waals surface area contributed by atoms with Crippen molar-refractivity contribution in [2.45, 2.75) is 32.2 Å². The second-order valence-corrected chi connectivity index (χ2v) is 8.26. The second kappa shape index (κ2) is 9.34. The minimum absolute atomic E-state index is 0.0364. The van der Waals surface area contributed by atoms with Crippen molar-refractivity contribution in [3.05, 3.63) is 45.9 Å². The van der Waals surface area contributed by atoms with Crippen LogP contribution in [0.2, 0.25) is 0 Å². The average Bonchev–Trinajstić information content (AvgIpc) is 3.05. The highest BCUT2D eigenvalue weighted by atomic mass is 32.1. The number of hydrogen-bond donors (Lipinski definition) is 1. The molecule has 3 heterocycles. The fraction of sp³-hybridized carbons (Fsp3) is 0.429. The molecule has 0 bridgehead atoms. The molecule has 1 aliphatic heterocycles. The molecule has 1 aliphatic rings. The fourth-order valence-corrected chi connectivity index (χ4v) is 4.50. The molecule has 1 N–H and O–H groups in total. The third-order valence-corrected chi connectivity index (χ3v) is 6.28. The number of methoxy groups -OCH3 is 2. The molecule has 0 saturated carbocycles. The summed E-state index contributed by atoms with van der Waals surface area (Å²) < 4.78 is 11.7. The molecule has 0 aliphatic carbocycles. The summed E-state index contributed by atoms with van der Waals surface area (Å²) in [6, 6.07) is 5.37. The summed E-state index contributed by atoms with van der Waals surface area (Å²) in [5, 5.41) is 7.99. The van der Waals surface area contributed by atoms with Crippen LogP contribution in [0, 0.1) is 0 Å². The van der Waals surface area contributed by atoms with Crippen LogP contribution in [0.15, 0.2) is 29.2 Å². The van der Waals surface area contributed by atoms with Crippen LogP contribution in [0.5, 0.6) is 11.5 Å². The predicted molar refractivity (Wildman–Crippen MR) is 119 cm³/mol. The van der Waals surface area contributed by atoms with Crippen molar-refractivity contribution < 1.29 is 14.3 Å². The maximum Gasteiger partial charge on any atom is 0.288 e. The summed E-state index contributed by atoms with van der Waals surface area (Å²) >= 11 is 1.37. The number of fused-ring (bicyclic) bond motifs is 1. The molecule has 2 aromatic heterocycles. The van der Waals surface area contributed by atoms with Gasteiger partial charge in [-0.2, -0.15) is 4.52 Å². The van der Waals surface area contributed by atoms with Crippen molar-refractivity contribution in [3.8, 4) is 11.5 Å². The topological polar surface area (TPSA) is 98.1 Å². The molecule has 0 atom stereocenters. The Morgan fingerprint density at radius 2 is 1.87 bits per heavy atom. The van der Waals surface area contributed by atoms with Crippen molar-refractivity contribution in [3.63, 3.8) is 0 Å². The third kappa shape index (κ3) is 4.48. The monoisotopic (exact) mass is 443 g/mol. The van der Waals surface area contributed by atoms with Crippen LogP contribution in [0.3, 0.4) is 0 Å². The molecule has 1 fully saturated rings. The Balaban J connectivity index is 1.51. The van der Waals surface area contributed by atoms with Gasteiger partial charge in [0.1, 0.15) is 5.56 Å². The summed E-state index contributed by atoms with van der Waals surface area (Å²) in [6.45, 7) is 2.08. The molecular weight excluding hydrogens is 418 g/mol. The van der Waals surface area contributed by atoms with Crippen LogP contribution in [0.1, 0.15) is 41.6 Å². The van der Waals surface area contributed by atoms with Crippen LogP contribution in [-0.4, -0.2) is 47.8 Å². The molecule has 10 heteroatoms. The molecule has 9 nitrogen and oxygen atoms in total. The number of ether oxygens (including phenoxy) is 2. The van der Waals surface area contributed by atoms with Gasteiger partial charge in [0, 0.05) is 25.8 Å². The van der Waals surface area contributed by atoms with E-state index in [9.17, 15) is 9.59 Å². The zero-order valence-electron chi connectivity index (χ0n) is 17.6. The van der Waals surface area contributed by atoms with Crippen LogP contribution in [-0.2, 0) is 6.54 Å². The summed E-state index contributed by atoms with van der Waals surface area (Å²) in [4.78, 5) is 32.5. The van der Waals surface area contributed by atoms with Gasteiger partial charge in [-0.15, -0.1) is 5.10 Å². The van der Waals surface area contributed by atoms with E-state index in [4.69, 9.17) is 9.47 Å². The van der Waals surface area contributed by atoms with Crippen LogP contribution in [0.25, 0.3) is 4.96 Å². The molecule has 1 aromatic carbocycles. The minimum atomic E-state index is -0.494. The van der Waals surface area contributed by atoms with Crippen LogP contribution >= 0.6 is 11.3 Å². The highest BCUT2D eigenvalue weighted by molar-refractivity contribution is 7.20. The van der Waals surface area contributed by atoms with E-state index in [0.29, 0.717) is 16.5 Å². The quantitative estimate of drug-likeness (QED) is 0.625. The summed E-state index contributed by atoms with van der Waals surface area (Å²) in [6.07, 6.45) is 5.98. The number of carbonyl (C=O) groups excluding carboxylic acids is 1. The lowest BCUT2D eigenvalue weighted by molar-refractivity contribution is 0.0948. The van der Waals surface area contributed by atoms with Crippen molar-refractivity contribution in [1.29, 1.82) is 0 Å². The first kappa shape index (κ1) is 21.1. The van der Waals surface area contributed by atoms with Crippen molar-refractivity contribution in [1.82, 2.24) is 19.9 Å². The molecule has 3 aromatic rings. The highest BCUT2D eigenvalue weighted by Crippen LogP contribution is 2.27. The van der Waals surface area contributed by atoms with Crippen LogP contribution < -0.4 is 25.2 Å². The predicted octanol–water partition coefficient (Wildman–Crippen LogP) is 2.48. The maximum atomic E-state index is 12.9. The van der Waals surface area contributed by atoms with E-state index in [1.807, 2.05) is 6.07 Å². The number of nitrogens with one attached hydrogen (secondary N) is 1. The van der Waals surface area contributed by atoms with Gasteiger partial charge < -0.3 is 19.7 Å². The SMILES string of the molecule is COc1ccc(CNC(=O)c2cnc3sc(N4CCCCCC4)nn3c2=O)cc1OC. The molecule has 4 rings (SSSR count). The largest absolute Gasteiger partial charge is 0.493 e. The molecular formula is C21H25N5O4S. The van der Waals surface area contributed by atoms with E-state index >= 15 is 0 Å². The number of hydrogen-bond acceptors (Lipinski definition) is 8. The van der Waals surface area contributed by atoms with Gasteiger partial charge in [0.05, 0.1) is 14.2 Å². The van der Waals surface area contributed by atoms with Gasteiger partial charge in [-0.05, 0) is 30.5 Å². The van der Waals surface area contributed by atoms with E-state index in [-0.39, 0.29) is 12.1 Å². The normalized spacial score (nSPS) is 14.3. The zero-order chi connectivity index (χ0) is 21.8. The van der Waals surface area contributed by atoms with E-state index in [1.165, 1.54) is 34.9 Å². The number of benzene rings is 1. The number of amides is 1. The van der Waals surface area contributed by atoms with Gasteiger partial charge in [-0.1, -0.05) is 30.2 Å². The van der Waals surface area contributed by atoms with E-state index in [0.717, 1.165) is 36.6 Å². The average molecular weight is 444 g/mol. The molecule has 1 amide bonds. The van der Waals surface area contributed by atoms with Crippen molar-refractivity contribution >= 4 is 27.3 Å². The summed E-state index contributed by atoms with van der Waals surface area (Å²) in [5.41, 5.74) is 0.315. The molecule has 1 saturated heterocycles. The Morgan fingerprint density at radius 1 is 1.13 bits per heavy atom. The van der Waals surface area contributed by atoms with E-state index in [2.05, 4.69) is 20.3 Å². The third-order valence-electron chi connectivity index (χ3n) is 5.30. The smallest absolute Gasteiger partial charge is 0.288 e. The van der Waals surface area contributed by atoms with E-state index < -0.39 is 11.5 Å². The number of carbonyl (C=O) groups is 1. The number of aromatic nitrogens is 3. The summed E-state index contributed by atoms with van der Waals surface area (Å²) in [5.74, 6) is 0.682. The Labute approximate surface area is 183 Å². The van der Waals surface area contributed by atoms with Gasteiger partial charge >= 0.3 is 0 Å². The van der Waals surface area contributed by atoms with Gasteiger partial charge in [-0.3, -0.25) is 9.59 Å². The lowest BCUT2D eigenvalue weighted by atomic mass is 10.2. The standard InChI is InChI=1S/C21H25N5O4S/c1-29-16-8-7-14(11-17(16)30-2)12-22-18(27)15-13-23-20-26(19(15)28)24-21(31-20)25-9-5-3-4-6-10-25/h7-8,11,13H,3-6,9-10,12H2,1-2H3,(H,22,27). The van der Waals surface area contributed by atoms with Crippen molar-refractivity contribution in [2.24, 2.45) is 0 Å². The summed E-state index contributed by atoms with van der Waals surface area (Å²) in [7, 11) is 3.11. The lowest BCUT2D eigenvalue weighted by Crippen LogP contribution is -2.31. The first-order valence-electron chi connectivity index (χ1n) is 10.2. The second-order valence-electron chi connectivity index (χ2n) is 7.33. The van der Waals surface area contributed by atoms with Gasteiger partial charge in [0.15, 0.2) is 11.5 Å². The molecule has 0 unspecified atom stereocenters. The Morgan fingerprint density at radius 3 is 2.58 bits per heavy atom. The molecule has 31 heavy (non-hydrogen) atoms. The Bertz CT molecular complexity index is 1130. The molecule has 164 valence electrons. The fourth-order valence-electron chi connectivity index (χ4n) is 3.59. The van der Waals surface area contributed by atoms with Crippen molar-refractivity contribution in [2.75, 3.05) is 32.2 Å². The first-order valence-corrected chi connectivity index (χ1v) is 11.1. The number of rotatable bonds is 6. The minimum Gasteiger partial charge on any atom is -0.493 e. The number of anilines is 1. The van der Waals surface area contributed by atoms with Crippen LogP contribution in [0.4, 0.5) is 5.13 Å². The zero-order valence-corrected chi connectivity index (χ0v) is 18.4. The van der Waals surface area contributed by atoms with Gasteiger partial charge in [0.25, 0.3) is 11.5 Å². The molecule has 0 radical (unpaired) electrons. The Hall–Kier alpha value is -3.14. The molecule has 0 spiro atoms. The maximum absolute atomic E-state index is 12.9. The van der Waals surface area contributed by atoms with Gasteiger partial charge in [-0.25, -0.2) is 4.98 Å². The van der Waals surface area contributed by atoms with E-state index in [1.54, 1.807) is 26.4 Å². The first-order chi connectivity index (χ1) is 15.1. The number of nitrogens with zero attached hydrogens (tertiary/aromatic N) is 4. The lowest BCUT2D eigenvalue weighted by Gasteiger charge is -2.17. The Kier molecular flexibility index (Phi) is 6.36.